The Hall–Kier alpha value is -2.90. The van der Waals surface area contributed by atoms with E-state index in [0.29, 0.717) is 44.2 Å². The van der Waals surface area contributed by atoms with Crippen LogP contribution in [0.3, 0.4) is 0 Å². The largest absolute Gasteiger partial charge is 0.494 e. The molecule has 204 valence electrons. The lowest BCUT2D eigenvalue weighted by Crippen LogP contribution is -2.54. The summed E-state index contributed by atoms with van der Waals surface area (Å²) in [4.78, 5) is 25.7. The first-order valence-corrected chi connectivity index (χ1v) is 14.0. The summed E-state index contributed by atoms with van der Waals surface area (Å²) in [7, 11) is -4.07. The number of amides is 2. The summed E-state index contributed by atoms with van der Waals surface area (Å²) in [6.07, 6.45) is 2.71. The molecule has 1 aromatic carbocycles. The molecule has 2 saturated heterocycles. The molecule has 0 bridgehead atoms. The summed E-state index contributed by atoms with van der Waals surface area (Å²) >= 11 is 0. The minimum absolute atomic E-state index is 0.0206. The number of hydrogen-bond donors (Lipinski definition) is 3. The molecule has 12 nitrogen and oxygen atoms in total. The van der Waals surface area contributed by atoms with Crippen molar-refractivity contribution in [3.8, 4) is 5.75 Å². The first-order chi connectivity index (χ1) is 17.8. The predicted molar refractivity (Wildman–Crippen MR) is 131 cm³/mol. The van der Waals surface area contributed by atoms with Crippen LogP contribution in [0.5, 0.6) is 5.75 Å². The van der Waals surface area contributed by atoms with Crippen LogP contribution in [0.25, 0.3) is 0 Å². The van der Waals surface area contributed by atoms with Crippen LogP contribution in [-0.4, -0.2) is 80.1 Å². The van der Waals surface area contributed by atoms with E-state index in [1.54, 1.807) is 19.1 Å². The smallest absolute Gasteiger partial charge is 0.265 e. The summed E-state index contributed by atoms with van der Waals surface area (Å²) in [5.74, 6) is 0.553. The van der Waals surface area contributed by atoms with E-state index in [1.807, 2.05) is 4.90 Å². The van der Waals surface area contributed by atoms with Crippen molar-refractivity contribution in [1.82, 2.24) is 15.8 Å². The number of nitrogens with one attached hydrogen (secondary N) is 2. The zero-order valence-corrected chi connectivity index (χ0v) is 21.7. The Labute approximate surface area is 216 Å². The molecular weight excluding hydrogens is 504 g/mol. The highest BCUT2D eigenvalue weighted by atomic mass is 32.2. The monoisotopic (exact) mass is 538 g/mol. The normalized spacial score (nSPS) is 21.9. The van der Waals surface area contributed by atoms with Crippen molar-refractivity contribution in [1.29, 1.82) is 0 Å². The van der Waals surface area contributed by atoms with E-state index in [2.05, 4.69) is 10.5 Å². The van der Waals surface area contributed by atoms with Crippen LogP contribution in [-0.2, 0) is 28.9 Å². The second-order valence-electron chi connectivity index (χ2n) is 9.48. The molecule has 3 aliphatic rings. The molecule has 0 spiro atoms. The third-order valence-corrected chi connectivity index (χ3v) is 9.73. The molecule has 0 aromatic heterocycles. The summed E-state index contributed by atoms with van der Waals surface area (Å²) in [5, 5.41) is 13.5. The Morgan fingerprint density at radius 1 is 1.22 bits per heavy atom. The second-order valence-corrected chi connectivity index (χ2v) is 11.7. The fraction of sp³-hybridized carbons (Fsp3) is 0.625. The predicted octanol–water partition coefficient (Wildman–Crippen LogP) is 1.19. The first kappa shape index (κ1) is 27.1. The third-order valence-electron chi connectivity index (χ3n) is 7.21. The molecule has 0 saturated carbocycles. The molecule has 1 aromatic rings. The van der Waals surface area contributed by atoms with Crippen LogP contribution in [0.1, 0.15) is 45.4 Å². The molecule has 1 unspecified atom stereocenters. The SMILES string of the molecule is CC(=O)N1CCC(C2=NNC(CCCOc3ccc(S(=O)(=O)C4(C(=O)NO)CCOCC4)cc3)O2)CC1. The van der Waals surface area contributed by atoms with Crippen LogP contribution in [0, 0.1) is 5.92 Å². The first-order valence-electron chi connectivity index (χ1n) is 12.5. The number of hydrazone groups is 1. The van der Waals surface area contributed by atoms with Gasteiger partial charge in [-0.15, -0.1) is 5.10 Å². The molecule has 2 amide bonds. The van der Waals surface area contributed by atoms with Crippen molar-refractivity contribution in [3.05, 3.63) is 24.3 Å². The van der Waals surface area contributed by atoms with Gasteiger partial charge in [-0.1, -0.05) is 0 Å². The Morgan fingerprint density at radius 3 is 2.51 bits per heavy atom. The average molecular weight is 539 g/mol. The van der Waals surface area contributed by atoms with Crippen molar-refractivity contribution < 1.29 is 37.4 Å². The molecule has 3 heterocycles. The molecule has 0 aliphatic carbocycles. The lowest BCUT2D eigenvalue weighted by Gasteiger charge is -2.34. The summed E-state index contributed by atoms with van der Waals surface area (Å²) in [5.41, 5.74) is 4.52. The van der Waals surface area contributed by atoms with Crippen LogP contribution in [0.15, 0.2) is 34.3 Å². The van der Waals surface area contributed by atoms with Crippen LogP contribution in [0.2, 0.25) is 0 Å². The third kappa shape index (κ3) is 5.83. The molecule has 13 heteroatoms. The average Bonchev–Trinajstić information content (AvgIpc) is 3.40. The van der Waals surface area contributed by atoms with Gasteiger partial charge in [0.25, 0.3) is 5.91 Å². The molecule has 37 heavy (non-hydrogen) atoms. The number of likely N-dealkylation sites (tertiary alicyclic amines) is 1. The number of piperidine rings is 1. The van der Waals surface area contributed by atoms with Gasteiger partial charge in [0.05, 0.1) is 11.5 Å². The van der Waals surface area contributed by atoms with Gasteiger partial charge in [-0.2, -0.15) is 0 Å². The molecule has 2 fully saturated rings. The number of carbonyl (C=O) groups is 2. The van der Waals surface area contributed by atoms with Crippen LogP contribution < -0.4 is 15.6 Å². The van der Waals surface area contributed by atoms with Gasteiger partial charge in [0.15, 0.2) is 20.8 Å². The fourth-order valence-electron chi connectivity index (χ4n) is 4.91. The maximum Gasteiger partial charge on any atom is 0.265 e. The van der Waals surface area contributed by atoms with Gasteiger partial charge >= 0.3 is 0 Å². The van der Waals surface area contributed by atoms with Gasteiger partial charge in [-0.25, -0.2) is 13.9 Å². The van der Waals surface area contributed by atoms with Gasteiger partial charge in [-0.3, -0.25) is 20.2 Å². The Morgan fingerprint density at radius 2 is 1.89 bits per heavy atom. The molecule has 3 aliphatic heterocycles. The maximum absolute atomic E-state index is 13.3. The van der Waals surface area contributed by atoms with Crippen molar-refractivity contribution >= 4 is 27.5 Å². The summed E-state index contributed by atoms with van der Waals surface area (Å²) in [6, 6.07) is 5.92. The van der Waals surface area contributed by atoms with Crippen molar-refractivity contribution in [2.24, 2.45) is 11.0 Å². The topological polar surface area (TPSA) is 156 Å². The van der Waals surface area contributed by atoms with Crippen LogP contribution in [0.4, 0.5) is 0 Å². The van der Waals surface area contributed by atoms with Crippen molar-refractivity contribution in [3.63, 3.8) is 0 Å². The quantitative estimate of drug-likeness (QED) is 0.239. The van der Waals surface area contributed by atoms with Gasteiger partial charge in [0.1, 0.15) is 5.75 Å². The lowest BCUT2D eigenvalue weighted by molar-refractivity contribution is -0.134. The highest BCUT2D eigenvalue weighted by molar-refractivity contribution is 7.93. The Bertz CT molecular complexity index is 1090. The number of carbonyl (C=O) groups excluding carboxylic acids is 2. The minimum Gasteiger partial charge on any atom is -0.494 e. The lowest BCUT2D eigenvalue weighted by atomic mass is 9.96. The minimum atomic E-state index is -4.07. The van der Waals surface area contributed by atoms with E-state index < -0.39 is 20.5 Å². The molecule has 1 atom stereocenters. The Balaban J connectivity index is 1.23. The number of hydroxylamine groups is 1. The van der Waals surface area contributed by atoms with E-state index >= 15 is 0 Å². The number of hydrogen-bond acceptors (Lipinski definition) is 10. The van der Waals surface area contributed by atoms with Gasteiger partial charge in [-0.05, 0) is 56.4 Å². The van der Waals surface area contributed by atoms with Gasteiger partial charge < -0.3 is 19.1 Å². The highest BCUT2D eigenvalue weighted by Crippen LogP contribution is 2.35. The van der Waals surface area contributed by atoms with E-state index in [-0.39, 0.29) is 49.0 Å². The zero-order chi connectivity index (χ0) is 26.5. The zero-order valence-electron chi connectivity index (χ0n) is 20.8. The summed E-state index contributed by atoms with van der Waals surface area (Å²) < 4.78 is 41.8. The van der Waals surface area contributed by atoms with E-state index in [0.717, 1.165) is 12.8 Å². The second kappa shape index (κ2) is 11.7. The van der Waals surface area contributed by atoms with Crippen molar-refractivity contribution in [2.75, 3.05) is 32.9 Å². The fourth-order valence-corrected chi connectivity index (χ4v) is 6.85. The summed E-state index contributed by atoms with van der Waals surface area (Å²) in [6.45, 7) is 3.63. The number of benzene rings is 1. The van der Waals surface area contributed by atoms with E-state index in [4.69, 9.17) is 19.4 Å². The number of sulfone groups is 1. The van der Waals surface area contributed by atoms with Gasteiger partial charge in [0.2, 0.25) is 11.8 Å². The molecule has 3 N–H and O–H groups in total. The number of ether oxygens (including phenoxy) is 3. The molecule has 0 radical (unpaired) electrons. The van der Waals surface area contributed by atoms with E-state index in [1.165, 1.54) is 17.6 Å². The van der Waals surface area contributed by atoms with Gasteiger partial charge in [0, 0.05) is 45.6 Å². The number of rotatable bonds is 9. The maximum atomic E-state index is 13.3. The Kier molecular flexibility index (Phi) is 8.55. The standard InChI is InChI=1S/C24H34N4O8S/c1-17(29)28-12-8-18(9-13-28)22-26-25-21(36-22)3-2-14-35-19-4-6-20(7-5-19)37(32,33)24(23(30)27-31)10-15-34-16-11-24/h4-7,18,21,25,31H,2-3,8-16H2,1H3,(H,27,30). The number of nitrogens with zero attached hydrogens (tertiary/aromatic N) is 2. The highest BCUT2D eigenvalue weighted by Gasteiger charge is 2.52. The molecule has 4 rings (SSSR count). The van der Waals surface area contributed by atoms with Crippen LogP contribution >= 0.6 is 0 Å². The van der Waals surface area contributed by atoms with E-state index in [9.17, 15) is 18.0 Å². The molecular formula is C24H34N4O8S. The van der Waals surface area contributed by atoms with Crippen molar-refractivity contribution in [2.45, 2.75) is 61.3 Å².